The molecule has 16 heavy (non-hydrogen) atoms. The zero-order valence-electron chi connectivity index (χ0n) is 10.3. The monoisotopic (exact) mass is 244 g/mol. The number of hydrogen-bond donors (Lipinski definition) is 1. The summed E-state index contributed by atoms with van der Waals surface area (Å²) in [5, 5.41) is 7.54. The van der Waals surface area contributed by atoms with Gasteiger partial charge in [-0.2, -0.15) is 5.10 Å². The number of alkyl halides is 1. The number of hydrogen-bond acceptors (Lipinski definition) is 3. The highest BCUT2D eigenvalue weighted by molar-refractivity contribution is 6.17. The van der Waals surface area contributed by atoms with E-state index in [9.17, 15) is 0 Å². The Morgan fingerprint density at radius 2 is 2.25 bits per heavy atom. The van der Waals surface area contributed by atoms with Crippen molar-refractivity contribution in [2.45, 2.75) is 40.3 Å². The van der Waals surface area contributed by atoms with Crippen molar-refractivity contribution in [3.05, 3.63) is 12.2 Å². The van der Waals surface area contributed by atoms with Crippen LogP contribution in [0.5, 0.6) is 0 Å². The highest BCUT2D eigenvalue weighted by atomic mass is 35.5. The summed E-state index contributed by atoms with van der Waals surface area (Å²) in [6.07, 6.45) is 2.62. The lowest BCUT2D eigenvalue weighted by Crippen LogP contribution is -2.30. The third-order valence-corrected chi connectivity index (χ3v) is 2.84. The fraction of sp³-hybridized carbons (Fsp3) is 0.818. The second kappa shape index (κ2) is 6.21. The van der Waals surface area contributed by atoms with Crippen molar-refractivity contribution in [3.8, 4) is 0 Å². The van der Waals surface area contributed by atoms with Gasteiger partial charge in [0.05, 0.1) is 6.54 Å². The van der Waals surface area contributed by atoms with Crippen LogP contribution in [0.25, 0.3) is 0 Å². The predicted octanol–water partition coefficient (Wildman–Crippen LogP) is 2.04. The number of aryl methyl sites for hydroxylation is 1. The molecular formula is C11H21ClN4. The Bertz CT molecular complexity index is 309. The Morgan fingerprint density at radius 3 is 2.88 bits per heavy atom. The molecule has 0 unspecified atom stereocenters. The van der Waals surface area contributed by atoms with Crippen LogP contribution >= 0.6 is 11.6 Å². The summed E-state index contributed by atoms with van der Waals surface area (Å²) in [6.45, 7) is 9.06. The minimum Gasteiger partial charge on any atom is -0.309 e. The third kappa shape index (κ3) is 4.10. The molecule has 0 fully saturated rings. The van der Waals surface area contributed by atoms with Gasteiger partial charge in [-0.05, 0) is 18.8 Å². The molecule has 1 heterocycles. The second-order valence-corrected chi connectivity index (χ2v) is 5.08. The fourth-order valence-corrected chi connectivity index (χ4v) is 2.06. The van der Waals surface area contributed by atoms with Crippen LogP contribution in [0.3, 0.4) is 0 Å². The number of aromatic nitrogens is 3. The molecule has 0 amide bonds. The van der Waals surface area contributed by atoms with Crippen LogP contribution in [-0.4, -0.2) is 27.2 Å². The van der Waals surface area contributed by atoms with E-state index in [2.05, 4.69) is 36.2 Å². The molecule has 0 atom stereocenters. The molecule has 0 aliphatic carbocycles. The van der Waals surface area contributed by atoms with Gasteiger partial charge in [0.1, 0.15) is 12.2 Å². The van der Waals surface area contributed by atoms with Crippen molar-refractivity contribution in [3.63, 3.8) is 0 Å². The van der Waals surface area contributed by atoms with E-state index >= 15 is 0 Å². The molecule has 0 saturated carbocycles. The van der Waals surface area contributed by atoms with Gasteiger partial charge in [-0.1, -0.05) is 13.8 Å². The first-order valence-corrected chi connectivity index (χ1v) is 6.26. The van der Waals surface area contributed by atoms with E-state index in [1.807, 2.05) is 4.68 Å². The summed E-state index contributed by atoms with van der Waals surface area (Å²) >= 11 is 5.76. The summed E-state index contributed by atoms with van der Waals surface area (Å²) in [5.41, 5.74) is 0.235. The van der Waals surface area contributed by atoms with Crippen LogP contribution in [0.2, 0.25) is 0 Å². The zero-order valence-corrected chi connectivity index (χ0v) is 11.1. The average Bonchev–Trinajstić information content (AvgIpc) is 2.64. The van der Waals surface area contributed by atoms with Gasteiger partial charge in [-0.15, -0.1) is 11.6 Å². The van der Waals surface area contributed by atoms with Gasteiger partial charge in [0.25, 0.3) is 0 Å². The quantitative estimate of drug-likeness (QED) is 0.747. The molecule has 1 rings (SSSR count). The summed E-state index contributed by atoms with van der Waals surface area (Å²) in [6, 6.07) is 0. The van der Waals surface area contributed by atoms with E-state index in [4.69, 9.17) is 11.6 Å². The maximum atomic E-state index is 5.76. The highest BCUT2D eigenvalue weighted by Crippen LogP contribution is 2.19. The van der Waals surface area contributed by atoms with E-state index in [0.29, 0.717) is 5.88 Å². The standard InChI is InChI=1S/C11H21ClN4/c1-4-16-10(14-9-15-16)7-13-8-11(2,3)5-6-12/h9,13H,4-8H2,1-3H3. The molecule has 0 radical (unpaired) electrons. The van der Waals surface area contributed by atoms with E-state index in [1.54, 1.807) is 6.33 Å². The van der Waals surface area contributed by atoms with Gasteiger partial charge in [-0.3, -0.25) is 0 Å². The molecular weight excluding hydrogens is 224 g/mol. The van der Waals surface area contributed by atoms with Crippen LogP contribution in [-0.2, 0) is 13.1 Å². The van der Waals surface area contributed by atoms with Gasteiger partial charge in [-0.25, -0.2) is 9.67 Å². The molecule has 0 aliphatic rings. The summed E-state index contributed by atoms with van der Waals surface area (Å²) < 4.78 is 1.90. The predicted molar refractivity (Wildman–Crippen MR) is 66.5 cm³/mol. The Morgan fingerprint density at radius 1 is 1.50 bits per heavy atom. The van der Waals surface area contributed by atoms with Gasteiger partial charge in [0.15, 0.2) is 0 Å². The van der Waals surface area contributed by atoms with Crippen molar-refractivity contribution in [1.82, 2.24) is 20.1 Å². The molecule has 5 heteroatoms. The number of nitrogens with zero attached hydrogens (tertiary/aromatic N) is 3. The Hall–Kier alpha value is -0.610. The largest absolute Gasteiger partial charge is 0.309 e. The van der Waals surface area contributed by atoms with Crippen molar-refractivity contribution >= 4 is 11.6 Å². The normalized spacial score (nSPS) is 12.0. The molecule has 0 aromatic carbocycles. The Balaban J connectivity index is 2.35. The lowest BCUT2D eigenvalue weighted by atomic mass is 9.90. The average molecular weight is 245 g/mol. The van der Waals surface area contributed by atoms with Crippen molar-refractivity contribution < 1.29 is 0 Å². The highest BCUT2D eigenvalue weighted by Gasteiger charge is 2.16. The number of halogens is 1. The van der Waals surface area contributed by atoms with Crippen LogP contribution in [0.1, 0.15) is 33.0 Å². The second-order valence-electron chi connectivity index (χ2n) is 4.70. The van der Waals surface area contributed by atoms with E-state index < -0.39 is 0 Å². The van der Waals surface area contributed by atoms with Crippen molar-refractivity contribution in [2.24, 2.45) is 5.41 Å². The topological polar surface area (TPSA) is 42.7 Å². The molecule has 4 nitrogen and oxygen atoms in total. The van der Waals surface area contributed by atoms with E-state index in [1.165, 1.54) is 0 Å². The van der Waals surface area contributed by atoms with E-state index in [0.717, 1.165) is 31.9 Å². The number of nitrogens with one attached hydrogen (secondary N) is 1. The molecule has 0 bridgehead atoms. The smallest absolute Gasteiger partial charge is 0.140 e. The maximum Gasteiger partial charge on any atom is 0.140 e. The minimum atomic E-state index is 0.235. The van der Waals surface area contributed by atoms with Crippen LogP contribution in [0, 0.1) is 5.41 Å². The summed E-state index contributed by atoms with van der Waals surface area (Å²) in [7, 11) is 0. The Kier molecular flexibility index (Phi) is 5.22. The van der Waals surface area contributed by atoms with Gasteiger partial charge < -0.3 is 5.32 Å². The lowest BCUT2D eigenvalue weighted by molar-refractivity contribution is 0.326. The fourth-order valence-electron chi connectivity index (χ4n) is 1.55. The molecule has 1 N–H and O–H groups in total. The van der Waals surface area contributed by atoms with Gasteiger partial charge >= 0.3 is 0 Å². The molecule has 0 aliphatic heterocycles. The van der Waals surface area contributed by atoms with Crippen LogP contribution in [0.4, 0.5) is 0 Å². The van der Waals surface area contributed by atoms with Crippen LogP contribution in [0.15, 0.2) is 6.33 Å². The number of rotatable bonds is 7. The van der Waals surface area contributed by atoms with E-state index in [-0.39, 0.29) is 5.41 Å². The molecule has 1 aromatic rings. The summed E-state index contributed by atoms with van der Waals surface area (Å²) in [4.78, 5) is 4.22. The molecule has 92 valence electrons. The van der Waals surface area contributed by atoms with Crippen LogP contribution < -0.4 is 5.32 Å². The van der Waals surface area contributed by atoms with Crippen molar-refractivity contribution in [1.29, 1.82) is 0 Å². The van der Waals surface area contributed by atoms with Crippen molar-refractivity contribution in [2.75, 3.05) is 12.4 Å². The van der Waals surface area contributed by atoms with Gasteiger partial charge in [0.2, 0.25) is 0 Å². The molecule has 0 saturated heterocycles. The molecule has 0 spiro atoms. The molecule has 1 aromatic heterocycles. The lowest BCUT2D eigenvalue weighted by Gasteiger charge is -2.23. The minimum absolute atomic E-state index is 0.235. The SMILES string of the molecule is CCn1ncnc1CNCC(C)(C)CCCl. The summed E-state index contributed by atoms with van der Waals surface area (Å²) in [5.74, 6) is 1.70. The third-order valence-electron chi connectivity index (χ3n) is 2.65. The maximum absolute atomic E-state index is 5.76. The first-order chi connectivity index (χ1) is 7.59. The van der Waals surface area contributed by atoms with Gasteiger partial charge in [0, 0.05) is 19.0 Å². The zero-order chi connectivity index (χ0) is 12.0. The first kappa shape index (κ1) is 13.5. The first-order valence-electron chi connectivity index (χ1n) is 5.72. The Labute approximate surface area is 102 Å².